The first kappa shape index (κ1) is 13.1. The predicted octanol–water partition coefficient (Wildman–Crippen LogP) is 3.09. The molecular weight excluding hydrogens is 266 g/mol. The third-order valence-electron chi connectivity index (χ3n) is 3.18. The number of nitrogens with one attached hydrogen (secondary N) is 1. The number of rotatable bonds is 4. The van der Waals surface area contributed by atoms with Crippen LogP contribution in [0.4, 0.5) is 5.69 Å². The molecule has 0 aliphatic carbocycles. The molecule has 1 heterocycles. The summed E-state index contributed by atoms with van der Waals surface area (Å²) < 4.78 is 5.20. The average Bonchev–Trinajstić information content (AvgIpc) is 2.53. The standard InChI is InChI=1S/C17H13NO3/c19-15(12-6-2-1-3-7-12)11-18-14-10-13-8-4-5-9-16(13)21-17(14)20/h1-10,18H,11H2. The molecule has 104 valence electrons. The van der Waals surface area contributed by atoms with Crippen molar-refractivity contribution in [1.29, 1.82) is 0 Å². The van der Waals surface area contributed by atoms with Crippen LogP contribution in [0, 0.1) is 0 Å². The molecule has 4 nitrogen and oxygen atoms in total. The quantitative estimate of drug-likeness (QED) is 0.589. The van der Waals surface area contributed by atoms with E-state index < -0.39 is 5.63 Å². The molecule has 3 aromatic rings. The third-order valence-corrected chi connectivity index (χ3v) is 3.18. The summed E-state index contributed by atoms with van der Waals surface area (Å²) in [6, 6.07) is 17.9. The van der Waals surface area contributed by atoms with Crippen molar-refractivity contribution in [2.24, 2.45) is 0 Å². The number of hydrogen-bond donors (Lipinski definition) is 1. The second-order valence-corrected chi connectivity index (χ2v) is 4.63. The summed E-state index contributed by atoms with van der Waals surface area (Å²) in [5, 5.41) is 3.66. The van der Waals surface area contributed by atoms with E-state index in [2.05, 4.69) is 5.32 Å². The van der Waals surface area contributed by atoms with Crippen molar-refractivity contribution in [3.05, 3.63) is 76.6 Å². The Morgan fingerprint density at radius 3 is 2.52 bits per heavy atom. The Labute approximate surface area is 121 Å². The molecule has 0 bridgehead atoms. The van der Waals surface area contributed by atoms with Gasteiger partial charge in [-0.25, -0.2) is 4.79 Å². The normalized spacial score (nSPS) is 10.5. The topological polar surface area (TPSA) is 59.3 Å². The Kier molecular flexibility index (Phi) is 3.51. The Morgan fingerprint density at radius 2 is 1.71 bits per heavy atom. The molecular formula is C17H13NO3. The van der Waals surface area contributed by atoms with Gasteiger partial charge in [0.05, 0.1) is 6.54 Å². The first-order valence-electron chi connectivity index (χ1n) is 6.59. The number of carbonyl (C=O) groups is 1. The molecule has 4 heteroatoms. The number of Topliss-reactive ketones (excluding diaryl/α,β-unsaturated/α-hetero) is 1. The minimum atomic E-state index is -0.477. The SMILES string of the molecule is O=C(CNc1cc2ccccc2oc1=O)c1ccccc1. The van der Waals surface area contributed by atoms with Gasteiger partial charge in [-0.15, -0.1) is 0 Å². The lowest BCUT2D eigenvalue weighted by atomic mass is 10.1. The molecule has 0 atom stereocenters. The zero-order chi connectivity index (χ0) is 14.7. The van der Waals surface area contributed by atoms with Crippen molar-refractivity contribution in [1.82, 2.24) is 0 Å². The lowest BCUT2D eigenvalue weighted by Crippen LogP contribution is -2.18. The summed E-state index contributed by atoms with van der Waals surface area (Å²) in [6.07, 6.45) is 0. The van der Waals surface area contributed by atoms with Crippen LogP contribution in [0.2, 0.25) is 0 Å². The smallest absolute Gasteiger partial charge is 0.359 e. The van der Waals surface area contributed by atoms with Crippen LogP contribution >= 0.6 is 0 Å². The number of para-hydroxylation sites is 1. The van der Waals surface area contributed by atoms with Crippen molar-refractivity contribution in [3.63, 3.8) is 0 Å². The predicted molar refractivity (Wildman–Crippen MR) is 81.7 cm³/mol. The fourth-order valence-electron chi connectivity index (χ4n) is 2.09. The summed E-state index contributed by atoms with van der Waals surface area (Å²) in [5.41, 5.74) is 0.949. The van der Waals surface area contributed by atoms with E-state index in [0.717, 1.165) is 5.39 Å². The lowest BCUT2D eigenvalue weighted by Gasteiger charge is -2.05. The van der Waals surface area contributed by atoms with Crippen molar-refractivity contribution < 1.29 is 9.21 Å². The summed E-state index contributed by atoms with van der Waals surface area (Å²) in [6.45, 7) is 0.0487. The Morgan fingerprint density at radius 1 is 1.00 bits per heavy atom. The minimum absolute atomic E-state index is 0.0487. The van der Waals surface area contributed by atoms with Crippen LogP contribution in [-0.4, -0.2) is 12.3 Å². The summed E-state index contributed by atoms with van der Waals surface area (Å²) in [5.74, 6) is -0.0804. The van der Waals surface area contributed by atoms with Gasteiger partial charge in [0.1, 0.15) is 11.3 Å². The molecule has 1 aromatic heterocycles. The van der Waals surface area contributed by atoms with E-state index in [1.807, 2.05) is 18.2 Å². The maximum atomic E-state index is 12.0. The van der Waals surface area contributed by atoms with Gasteiger partial charge in [-0.3, -0.25) is 4.79 Å². The first-order chi connectivity index (χ1) is 10.2. The van der Waals surface area contributed by atoms with Gasteiger partial charge in [0.15, 0.2) is 5.78 Å². The molecule has 0 radical (unpaired) electrons. The number of carbonyl (C=O) groups excluding carboxylic acids is 1. The van der Waals surface area contributed by atoms with E-state index in [9.17, 15) is 9.59 Å². The number of ketones is 1. The molecule has 2 aromatic carbocycles. The summed E-state index contributed by atoms with van der Waals surface area (Å²) in [4.78, 5) is 23.8. The average molecular weight is 279 g/mol. The molecule has 0 fully saturated rings. The highest BCUT2D eigenvalue weighted by Gasteiger charge is 2.08. The van der Waals surface area contributed by atoms with Gasteiger partial charge < -0.3 is 9.73 Å². The molecule has 0 aliphatic heterocycles. The van der Waals surface area contributed by atoms with Crippen LogP contribution in [-0.2, 0) is 0 Å². The molecule has 0 spiro atoms. The van der Waals surface area contributed by atoms with Crippen molar-refractivity contribution in [2.45, 2.75) is 0 Å². The van der Waals surface area contributed by atoms with Gasteiger partial charge in [0, 0.05) is 10.9 Å². The van der Waals surface area contributed by atoms with Gasteiger partial charge in [0.2, 0.25) is 0 Å². The number of benzene rings is 2. The van der Waals surface area contributed by atoms with E-state index in [-0.39, 0.29) is 18.0 Å². The van der Waals surface area contributed by atoms with Crippen molar-refractivity contribution in [3.8, 4) is 0 Å². The maximum absolute atomic E-state index is 12.0. The molecule has 0 saturated carbocycles. The van der Waals surface area contributed by atoms with Crippen LogP contribution in [0.5, 0.6) is 0 Å². The van der Waals surface area contributed by atoms with Crippen LogP contribution in [0.15, 0.2) is 69.9 Å². The largest absolute Gasteiger partial charge is 0.421 e. The lowest BCUT2D eigenvalue weighted by molar-refractivity contribution is 0.101. The second kappa shape index (κ2) is 5.63. The molecule has 0 aliphatic rings. The number of fused-ring (bicyclic) bond motifs is 1. The van der Waals surface area contributed by atoms with E-state index in [0.29, 0.717) is 11.1 Å². The molecule has 0 amide bonds. The van der Waals surface area contributed by atoms with Gasteiger partial charge in [0.25, 0.3) is 0 Å². The molecule has 0 unspecified atom stereocenters. The minimum Gasteiger partial charge on any atom is -0.421 e. The van der Waals surface area contributed by atoms with E-state index in [4.69, 9.17) is 4.42 Å². The Balaban J connectivity index is 1.81. The summed E-state index contributed by atoms with van der Waals surface area (Å²) >= 11 is 0. The van der Waals surface area contributed by atoms with Crippen molar-refractivity contribution in [2.75, 3.05) is 11.9 Å². The molecule has 3 rings (SSSR count). The van der Waals surface area contributed by atoms with Crippen molar-refractivity contribution >= 4 is 22.4 Å². The molecule has 1 N–H and O–H groups in total. The van der Waals surface area contributed by atoms with Crippen LogP contribution in [0.1, 0.15) is 10.4 Å². The fraction of sp³-hybridized carbons (Fsp3) is 0.0588. The van der Waals surface area contributed by atoms with Crippen LogP contribution < -0.4 is 10.9 Å². The molecule has 0 saturated heterocycles. The van der Waals surface area contributed by atoms with E-state index in [1.165, 1.54) is 0 Å². The van der Waals surface area contributed by atoms with E-state index >= 15 is 0 Å². The van der Waals surface area contributed by atoms with Crippen LogP contribution in [0.25, 0.3) is 11.0 Å². The second-order valence-electron chi connectivity index (χ2n) is 4.63. The van der Waals surface area contributed by atoms with Gasteiger partial charge in [-0.2, -0.15) is 0 Å². The Hall–Kier alpha value is -2.88. The number of anilines is 1. The van der Waals surface area contributed by atoms with Gasteiger partial charge >= 0.3 is 5.63 Å². The van der Waals surface area contributed by atoms with E-state index in [1.54, 1.807) is 42.5 Å². The highest BCUT2D eigenvalue weighted by Crippen LogP contribution is 2.15. The summed E-state index contributed by atoms with van der Waals surface area (Å²) in [7, 11) is 0. The zero-order valence-corrected chi connectivity index (χ0v) is 11.2. The number of hydrogen-bond acceptors (Lipinski definition) is 4. The van der Waals surface area contributed by atoms with Gasteiger partial charge in [-0.1, -0.05) is 48.5 Å². The third kappa shape index (κ3) is 2.84. The zero-order valence-electron chi connectivity index (χ0n) is 11.2. The molecule has 21 heavy (non-hydrogen) atoms. The maximum Gasteiger partial charge on any atom is 0.359 e. The fourth-order valence-corrected chi connectivity index (χ4v) is 2.09. The highest BCUT2D eigenvalue weighted by atomic mass is 16.4. The van der Waals surface area contributed by atoms with Gasteiger partial charge in [-0.05, 0) is 12.1 Å². The monoisotopic (exact) mass is 279 g/mol. The first-order valence-corrected chi connectivity index (χ1v) is 6.59. The Bertz CT molecular complexity index is 837. The highest BCUT2D eigenvalue weighted by molar-refractivity contribution is 5.99. The van der Waals surface area contributed by atoms with Crippen LogP contribution in [0.3, 0.4) is 0 Å².